The van der Waals surface area contributed by atoms with Gasteiger partial charge in [0.25, 0.3) is 0 Å². The number of halogens is 1. The minimum atomic E-state index is -3.57. The first-order valence-corrected chi connectivity index (χ1v) is 7.87. The third kappa shape index (κ3) is 5.98. The molecule has 21 heavy (non-hydrogen) atoms. The molecule has 0 fully saturated rings. The highest BCUT2D eigenvalue weighted by molar-refractivity contribution is 7.89. The second-order valence-corrected chi connectivity index (χ2v) is 6.21. The lowest BCUT2D eigenvalue weighted by atomic mass is 10.2. The van der Waals surface area contributed by atoms with Crippen molar-refractivity contribution in [2.45, 2.75) is 6.42 Å². The third-order valence-corrected chi connectivity index (χ3v) is 3.54. The molecule has 0 atom stereocenters. The number of nitrogens with two attached hydrogens (primary N) is 1. The van der Waals surface area contributed by atoms with Gasteiger partial charge in [-0.05, 0) is 18.6 Å². The fourth-order valence-corrected chi connectivity index (χ4v) is 2.29. The number of urea groups is 1. The zero-order valence-electron chi connectivity index (χ0n) is 10.8. The average molecular weight is 336 g/mol. The fourth-order valence-electron chi connectivity index (χ4n) is 1.49. The van der Waals surface area contributed by atoms with E-state index in [1.807, 2.05) is 0 Å². The van der Waals surface area contributed by atoms with Crippen LogP contribution < -0.4 is 15.8 Å². The lowest BCUT2D eigenvalue weighted by Crippen LogP contribution is -2.31. The average Bonchev–Trinajstić information content (AvgIpc) is 2.33. The van der Waals surface area contributed by atoms with Crippen LogP contribution in [0.25, 0.3) is 0 Å². The molecule has 1 rings (SSSR count). The van der Waals surface area contributed by atoms with E-state index in [2.05, 4.69) is 10.6 Å². The molecule has 0 saturated heterocycles. The first kappa shape index (κ1) is 17.2. The quantitative estimate of drug-likeness (QED) is 0.570. The predicted octanol–water partition coefficient (Wildman–Crippen LogP) is 0.838. The molecular formula is C11H14ClN3O5S. The first-order chi connectivity index (χ1) is 9.70. The normalized spacial score (nSPS) is 11.0. The minimum Gasteiger partial charge on any atom is -0.478 e. The monoisotopic (exact) mass is 335 g/mol. The van der Waals surface area contributed by atoms with Crippen LogP contribution >= 0.6 is 11.6 Å². The number of sulfonamides is 1. The van der Waals surface area contributed by atoms with Crippen molar-refractivity contribution in [3.05, 3.63) is 28.8 Å². The number of aromatic carboxylic acids is 1. The number of primary sulfonamides is 1. The Morgan fingerprint density at radius 2 is 2.00 bits per heavy atom. The van der Waals surface area contributed by atoms with Crippen molar-refractivity contribution in [2.24, 2.45) is 5.14 Å². The molecule has 0 heterocycles. The van der Waals surface area contributed by atoms with E-state index in [0.717, 1.165) is 0 Å². The number of hydrogen-bond acceptors (Lipinski definition) is 4. The van der Waals surface area contributed by atoms with Crippen molar-refractivity contribution < 1.29 is 23.1 Å². The zero-order valence-corrected chi connectivity index (χ0v) is 12.4. The topological polar surface area (TPSA) is 139 Å². The summed E-state index contributed by atoms with van der Waals surface area (Å²) in [4.78, 5) is 22.6. The highest BCUT2D eigenvalue weighted by atomic mass is 35.5. The van der Waals surface area contributed by atoms with Gasteiger partial charge in [-0.15, -0.1) is 0 Å². The summed E-state index contributed by atoms with van der Waals surface area (Å²) < 4.78 is 21.4. The Balaban J connectivity index is 2.60. The van der Waals surface area contributed by atoms with Crippen LogP contribution in [0.2, 0.25) is 5.02 Å². The molecule has 0 radical (unpaired) electrons. The van der Waals surface area contributed by atoms with Crippen LogP contribution in [0.4, 0.5) is 10.5 Å². The lowest BCUT2D eigenvalue weighted by Gasteiger charge is -2.10. The van der Waals surface area contributed by atoms with Gasteiger partial charge in [0.1, 0.15) is 5.56 Å². The van der Waals surface area contributed by atoms with Crippen molar-refractivity contribution in [2.75, 3.05) is 17.6 Å². The van der Waals surface area contributed by atoms with E-state index in [0.29, 0.717) is 0 Å². The molecule has 0 aromatic heterocycles. The second kappa shape index (κ2) is 7.25. The van der Waals surface area contributed by atoms with Crippen LogP contribution in [0.15, 0.2) is 18.2 Å². The van der Waals surface area contributed by atoms with Gasteiger partial charge in [0.15, 0.2) is 0 Å². The Morgan fingerprint density at radius 3 is 2.57 bits per heavy atom. The number of carboxylic acid groups (broad SMARTS) is 1. The molecule has 0 aliphatic heterocycles. The highest BCUT2D eigenvalue weighted by Gasteiger charge is 2.15. The summed E-state index contributed by atoms with van der Waals surface area (Å²) in [6.07, 6.45) is 0.146. The number of carboxylic acids is 1. The van der Waals surface area contributed by atoms with Gasteiger partial charge in [-0.2, -0.15) is 0 Å². The van der Waals surface area contributed by atoms with Gasteiger partial charge < -0.3 is 15.7 Å². The summed E-state index contributed by atoms with van der Waals surface area (Å²) in [6, 6.07) is 3.60. The highest BCUT2D eigenvalue weighted by Crippen LogP contribution is 2.24. The van der Waals surface area contributed by atoms with Crippen LogP contribution in [0.5, 0.6) is 0 Å². The molecule has 8 nitrogen and oxygen atoms in total. The van der Waals surface area contributed by atoms with E-state index >= 15 is 0 Å². The molecule has 0 aliphatic rings. The molecule has 0 bridgehead atoms. The lowest BCUT2D eigenvalue weighted by molar-refractivity contribution is 0.0698. The summed E-state index contributed by atoms with van der Waals surface area (Å²) in [5, 5.41) is 18.5. The summed E-state index contributed by atoms with van der Waals surface area (Å²) in [5.41, 5.74) is -0.183. The molecule has 1 aromatic rings. The Bertz CT molecular complexity index is 647. The maximum atomic E-state index is 11.6. The number of hydrogen-bond donors (Lipinski definition) is 4. The van der Waals surface area contributed by atoms with Gasteiger partial charge in [0, 0.05) is 6.54 Å². The van der Waals surface area contributed by atoms with Gasteiger partial charge >= 0.3 is 12.0 Å². The van der Waals surface area contributed by atoms with Gasteiger partial charge in [-0.25, -0.2) is 23.1 Å². The maximum Gasteiger partial charge on any atom is 0.339 e. The molecule has 1 aromatic carbocycles. The van der Waals surface area contributed by atoms with E-state index in [-0.39, 0.29) is 35.0 Å². The van der Waals surface area contributed by atoms with Crippen molar-refractivity contribution in [3.8, 4) is 0 Å². The molecule has 0 saturated carbocycles. The smallest absolute Gasteiger partial charge is 0.339 e. The molecule has 116 valence electrons. The second-order valence-electron chi connectivity index (χ2n) is 4.07. The largest absolute Gasteiger partial charge is 0.478 e. The standard InChI is InChI=1S/C11H14ClN3O5S/c12-7-3-1-4-8(9(7)10(16)17)15-11(18)14-5-2-6-21(13,19)20/h1,3-4H,2,5-6H2,(H,16,17)(H2,13,19,20)(H2,14,15,18). The summed E-state index contributed by atoms with van der Waals surface area (Å²) in [5.74, 6) is -1.53. The zero-order chi connectivity index (χ0) is 16.0. The van der Waals surface area contributed by atoms with E-state index in [1.165, 1.54) is 18.2 Å². The molecule has 0 unspecified atom stereocenters. The Hall–Kier alpha value is -1.84. The Kier molecular flexibility index (Phi) is 5.94. The SMILES string of the molecule is NS(=O)(=O)CCCNC(=O)Nc1cccc(Cl)c1C(=O)O. The molecule has 0 spiro atoms. The predicted molar refractivity (Wildman–Crippen MR) is 78.0 cm³/mol. The molecule has 10 heteroatoms. The van der Waals surface area contributed by atoms with Crippen LogP contribution in [-0.4, -0.2) is 37.8 Å². The van der Waals surface area contributed by atoms with E-state index < -0.39 is 22.0 Å². The Morgan fingerprint density at radius 1 is 1.33 bits per heavy atom. The number of carbonyl (C=O) groups is 2. The van der Waals surface area contributed by atoms with Crippen molar-refractivity contribution in [1.82, 2.24) is 5.32 Å². The van der Waals surface area contributed by atoms with Gasteiger partial charge in [-0.1, -0.05) is 17.7 Å². The molecule has 2 amide bonds. The van der Waals surface area contributed by atoms with Gasteiger partial charge in [0.2, 0.25) is 10.0 Å². The third-order valence-electron chi connectivity index (χ3n) is 2.37. The van der Waals surface area contributed by atoms with Gasteiger partial charge in [-0.3, -0.25) is 0 Å². The number of carbonyl (C=O) groups excluding carboxylic acids is 1. The summed E-state index contributed by atoms with van der Waals surface area (Å²) >= 11 is 5.75. The van der Waals surface area contributed by atoms with Crippen LogP contribution in [0.1, 0.15) is 16.8 Å². The summed E-state index contributed by atoms with van der Waals surface area (Å²) in [7, 11) is -3.57. The Labute approximate surface area is 126 Å². The fraction of sp³-hybridized carbons (Fsp3) is 0.273. The maximum absolute atomic E-state index is 11.6. The van der Waals surface area contributed by atoms with Gasteiger partial charge in [0.05, 0.1) is 16.5 Å². The number of benzene rings is 1. The molecular weight excluding hydrogens is 322 g/mol. The summed E-state index contributed by atoms with van der Waals surface area (Å²) in [6.45, 7) is 0.0746. The molecule has 0 aliphatic carbocycles. The number of rotatable bonds is 6. The van der Waals surface area contributed by atoms with Crippen LogP contribution in [-0.2, 0) is 10.0 Å². The van der Waals surface area contributed by atoms with Crippen molar-refractivity contribution in [3.63, 3.8) is 0 Å². The minimum absolute atomic E-state index is 0.00507. The van der Waals surface area contributed by atoms with Crippen molar-refractivity contribution in [1.29, 1.82) is 0 Å². The first-order valence-electron chi connectivity index (χ1n) is 5.78. The van der Waals surface area contributed by atoms with Crippen molar-refractivity contribution >= 4 is 39.3 Å². The van der Waals surface area contributed by atoms with Crippen LogP contribution in [0, 0.1) is 0 Å². The number of amides is 2. The molecule has 5 N–H and O–H groups in total. The van der Waals surface area contributed by atoms with E-state index in [9.17, 15) is 18.0 Å². The number of nitrogens with one attached hydrogen (secondary N) is 2. The number of anilines is 1. The van der Waals surface area contributed by atoms with E-state index in [4.69, 9.17) is 21.8 Å². The van der Waals surface area contributed by atoms with Crippen LogP contribution in [0.3, 0.4) is 0 Å². The van der Waals surface area contributed by atoms with E-state index in [1.54, 1.807) is 0 Å².